The second-order valence-corrected chi connectivity index (χ2v) is 4.64. The number of hydrogen-bond donors (Lipinski definition) is 1. The molecule has 1 heterocycles. The molecule has 0 saturated carbocycles. The molecule has 0 aliphatic rings. The van der Waals surface area contributed by atoms with E-state index in [2.05, 4.69) is 9.97 Å². The van der Waals surface area contributed by atoms with Crippen LogP contribution in [0, 0.1) is 6.92 Å². The minimum Gasteiger partial charge on any atom is -0.496 e. The molecule has 1 aromatic heterocycles. The molecule has 4 heteroatoms. The zero-order valence-corrected chi connectivity index (χ0v) is 11.3. The van der Waals surface area contributed by atoms with Crippen molar-refractivity contribution in [3.8, 4) is 17.1 Å². The molecule has 0 saturated heterocycles. The first-order valence-electron chi connectivity index (χ1n) is 6.33. The number of nitrogens with one attached hydrogen (secondary N) is 1. The molecule has 0 aliphatic heterocycles. The summed E-state index contributed by atoms with van der Waals surface area (Å²) in [5.74, 6) is 1.22. The molecule has 20 heavy (non-hydrogen) atoms. The number of rotatable bonds is 2. The molecule has 4 nitrogen and oxygen atoms in total. The Morgan fingerprint density at radius 2 is 1.95 bits per heavy atom. The highest BCUT2D eigenvalue weighted by atomic mass is 16.5. The molecule has 3 rings (SSSR count). The van der Waals surface area contributed by atoms with E-state index in [0.717, 1.165) is 11.1 Å². The van der Waals surface area contributed by atoms with Gasteiger partial charge in [-0.05, 0) is 36.8 Å². The average Bonchev–Trinajstić information content (AvgIpc) is 2.47. The number of fused-ring (bicyclic) bond motifs is 1. The standard InChI is InChI=1S/C16H14N2O2/c1-10-7-8-12(14(9-10)20-2)15-17-13-6-4-3-5-11(13)16(19)18-15/h3-9H,1-2H3,(H,17,18,19). The van der Waals surface area contributed by atoms with Crippen molar-refractivity contribution in [2.24, 2.45) is 0 Å². The van der Waals surface area contributed by atoms with Gasteiger partial charge in [-0.2, -0.15) is 0 Å². The molecule has 100 valence electrons. The van der Waals surface area contributed by atoms with Crippen LogP contribution in [-0.2, 0) is 0 Å². The molecule has 0 fully saturated rings. The normalized spacial score (nSPS) is 10.7. The van der Waals surface area contributed by atoms with Gasteiger partial charge in [-0.1, -0.05) is 18.2 Å². The van der Waals surface area contributed by atoms with Crippen molar-refractivity contribution in [2.75, 3.05) is 7.11 Å². The maximum absolute atomic E-state index is 12.1. The maximum Gasteiger partial charge on any atom is 0.259 e. The van der Waals surface area contributed by atoms with Gasteiger partial charge in [-0.15, -0.1) is 0 Å². The Morgan fingerprint density at radius 3 is 2.75 bits per heavy atom. The number of nitrogens with zero attached hydrogens (tertiary/aromatic N) is 1. The van der Waals surface area contributed by atoms with Crippen LogP contribution in [0.25, 0.3) is 22.3 Å². The smallest absolute Gasteiger partial charge is 0.259 e. The van der Waals surface area contributed by atoms with Crippen LogP contribution in [0.1, 0.15) is 5.56 Å². The van der Waals surface area contributed by atoms with Crippen molar-refractivity contribution >= 4 is 10.9 Å². The second-order valence-electron chi connectivity index (χ2n) is 4.64. The molecule has 0 amide bonds. The molecule has 1 N–H and O–H groups in total. The maximum atomic E-state index is 12.1. The number of hydrogen-bond acceptors (Lipinski definition) is 3. The Morgan fingerprint density at radius 1 is 1.15 bits per heavy atom. The minimum atomic E-state index is -0.145. The topological polar surface area (TPSA) is 55.0 Å². The first-order chi connectivity index (χ1) is 9.69. The third kappa shape index (κ3) is 2.05. The van der Waals surface area contributed by atoms with Crippen molar-refractivity contribution in [3.63, 3.8) is 0 Å². The van der Waals surface area contributed by atoms with Crippen molar-refractivity contribution in [2.45, 2.75) is 6.92 Å². The number of ether oxygens (including phenoxy) is 1. The molecule has 0 unspecified atom stereocenters. The summed E-state index contributed by atoms with van der Waals surface area (Å²) in [7, 11) is 1.61. The van der Waals surface area contributed by atoms with Gasteiger partial charge >= 0.3 is 0 Å². The van der Waals surface area contributed by atoms with E-state index in [4.69, 9.17) is 4.74 Å². The van der Waals surface area contributed by atoms with Crippen LogP contribution < -0.4 is 10.3 Å². The predicted octanol–water partition coefficient (Wildman–Crippen LogP) is 2.91. The monoisotopic (exact) mass is 266 g/mol. The van der Waals surface area contributed by atoms with E-state index in [9.17, 15) is 4.79 Å². The van der Waals surface area contributed by atoms with E-state index < -0.39 is 0 Å². The molecular formula is C16H14N2O2. The van der Waals surface area contributed by atoms with Crippen LogP contribution in [0.5, 0.6) is 5.75 Å². The Hall–Kier alpha value is -2.62. The fraction of sp³-hybridized carbons (Fsp3) is 0.125. The lowest BCUT2D eigenvalue weighted by Gasteiger charge is -2.09. The van der Waals surface area contributed by atoms with Gasteiger partial charge in [0.25, 0.3) is 5.56 Å². The highest BCUT2D eigenvalue weighted by Crippen LogP contribution is 2.28. The average molecular weight is 266 g/mol. The van der Waals surface area contributed by atoms with E-state index in [1.54, 1.807) is 13.2 Å². The molecule has 0 aliphatic carbocycles. The van der Waals surface area contributed by atoms with E-state index >= 15 is 0 Å². The third-order valence-corrected chi connectivity index (χ3v) is 3.23. The second kappa shape index (κ2) is 4.81. The highest BCUT2D eigenvalue weighted by molar-refractivity contribution is 5.80. The fourth-order valence-electron chi connectivity index (χ4n) is 2.21. The largest absolute Gasteiger partial charge is 0.496 e. The van der Waals surface area contributed by atoms with Crippen LogP contribution >= 0.6 is 0 Å². The number of aromatic amines is 1. The fourth-order valence-corrected chi connectivity index (χ4v) is 2.21. The lowest BCUT2D eigenvalue weighted by Crippen LogP contribution is -2.09. The van der Waals surface area contributed by atoms with Gasteiger partial charge in [0.1, 0.15) is 11.6 Å². The zero-order valence-electron chi connectivity index (χ0n) is 11.3. The molecule has 0 bridgehead atoms. The summed E-state index contributed by atoms with van der Waals surface area (Å²) in [4.78, 5) is 19.4. The summed E-state index contributed by atoms with van der Waals surface area (Å²) in [5, 5.41) is 0.585. The summed E-state index contributed by atoms with van der Waals surface area (Å²) < 4.78 is 5.37. The lowest BCUT2D eigenvalue weighted by molar-refractivity contribution is 0.416. The van der Waals surface area contributed by atoms with Crippen LogP contribution in [0.2, 0.25) is 0 Å². The van der Waals surface area contributed by atoms with Gasteiger partial charge in [0.05, 0.1) is 23.6 Å². The van der Waals surface area contributed by atoms with Gasteiger partial charge in [0.15, 0.2) is 0 Å². The molecular weight excluding hydrogens is 252 g/mol. The van der Waals surface area contributed by atoms with Gasteiger partial charge in [-0.3, -0.25) is 4.79 Å². The summed E-state index contributed by atoms with van der Waals surface area (Å²) in [6.45, 7) is 1.99. The van der Waals surface area contributed by atoms with Crippen LogP contribution in [0.15, 0.2) is 47.3 Å². The Bertz CT molecular complexity index is 837. The molecule has 0 atom stereocenters. The van der Waals surface area contributed by atoms with E-state index in [0.29, 0.717) is 22.5 Å². The number of para-hydroxylation sites is 1. The van der Waals surface area contributed by atoms with Crippen LogP contribution in [0.4, 0.5) is 0 Å². The summed E-state index contributed by atoms with van der Waals surface area (Å²) >= 11 is 0. The Labute approximate surface area is 116 Å². The predicted molar refractivity (Wildman–Crippen MR) is 79.1 cm³/mol. The third-order valence-electron chi connectivity index (χ3n) is 3.23. The van der Waals surface area contributed by atoms with E-state index in [1.807, 2.05) is 43.3 Å². The molecule has 0 radical (unpaired) electrons. The van der Waals surface area contributed by atoms with Gasteiger partial charge in [-0.25, -0.2) is 4.98 Å². The highest BCUT2D eigenvalue weighted by Gasteiger charge is 2.10. The quantitative estimate of drug-likeness (QED) is 0.776. The SMILES string of the molecule is COc1cc(C)ccc1-c1nc2ccccc2c(=O)[nH]1. The molecule has 2 aromatic carbocycles. The first kappa shape index (κ1) is 12.4. The van der Waals surface area contributed by atoms with Gasteiger partial charge < -0.3 is 9.72 Å². The van der Waals surface area contributed by atoms with Crippen molar-refractivity contribution in [3.05, 3.63) is 58.4 Å². The molecule has 3 aromatic rings. The van der Waals surface area contributed by atoms with Crippen molar-refractivity contribution < 1.29 is 4.74 Å². The Balaban J connectivity index is 2.27. The van der Waals surface area contributed by atoms with Crippen molar-refractivity contribution in [1.29, 1.82) is 0 Å². The van der Waals surface area contributed by atoms with Crippen LogP contribution in [-0.4, -0.2) is 17.1 Å². The number of H-pyrrole nitrogens is 1. The van der Waals surface area contributed by atoms with Crippen LogP contribution in [0.3, 0.4) is 0 Å². The first-order valence-corrected chi connectivity index (χ1v) is 6.33. The number of methoxy groups -OCH3 is 1. The zero-order chi connectivity index (χ0) is 14.1. The van der Waals surface area contributed by atoms with Gasteiger partial charge in [0, 0.05) is 0 Å². The lowest BCUT2D eigenvalue weighted by atomic mass is 10.1. The summed E-state index contributed by atoms with van der Waals surface area (Å²) in [5.41, 5.74) is 2.40. The number of aromatic nitrogens is 2. The molecule has 0 spiro atoms. The Kier molecular flexibility index (Phi) is 2.99. The van der Waals surface area contributed by atoms with Crippen molar-refractivity contribution in [1.82, 2.24) is 9.97 Å². The number of aryl methyl sites for hydroxylation is 1. The summed E-state index contributed by atoms with van der Waals surface area (Å²) in [6, 6.07) is 13.1. The van der Waals surface area contributed by atoms with Gasteiger partial charge in [0.2, 0.25) is 0 Å². The minimum absolute atomic E-state index is 0.145. The number of benzene rings is 2. The van der Waals surface area contributed by atoms with E-state index in [-0.39, 0.29) is 5.56 Å². The summed E-state index contributed by atoms with van der Waals surface area (Å²) in [6.07, 6.45) is 0. The van der Waals surface area contributed by atoms with E-state index in [1.165, 1.54) is 0 Å².